The molecule has 1 atom stereocenters. The van der Waals surface area contributed by atoms with Crippen molar-refractivity contribution in [1.29, 1.82) is 0 Å². The monoisotopic (exact) mass is 386 g/mol. The molecule has 3 rings (SSSR count). The molecule has 0 unspecified atom stereocenters. The summed E-state index contributed by atoms with van der Waals surface area (Å²) in [7, 11) is 0. The highest BCUT2D eigenvalue weighted by Crippen LogP contribution is 2.23. The predicted molar refractivity (Wildman–Crippen MR) is 104 cm³/mol. The minimum absolute atomic E-state index is 0.175. The zero-order chi connectivity index (χ0) is 19.4. The average Bonchev–Trinajstić information content (AvgIpc) is 2.91. The van der Waals surface area contributed by atoms with E-state index in [0.29, 0.717) is 22.9 Å². The second-order valence-electron chi connectivity index (χ2n) is 6.51. The van der Waals surface area contributed by atoms with Crippen molar-refractivity contribution < 1.29 is 19.7 Å². The van der Waals surface area contributed by atoms with Crippen LogP contribution in [0.25, 0.3) is 0 Å². The highest BCUT2D eigenvalue weighted by molar-refractivity contribution is 6.30. The van der Waals surface area contributed by atoms with Crippen LogP contribution in [-0.4, -0.2) is 30.3 Å². The molecule has 2 aromatic rings. The third-order valence-corrected chi connectivity index (χ3v) is 4.68. The van der Waals surface area contributed by atoms with Crippen LogP contribution in [0.3, 0.4) is 0 Å². The van der Waals surface area contributed by atoms with Crippen LogP contribution >= 0.6 is 11.6 Å². The molecule has 1 aliphatic rings. The summed E-state index contributed by atoms with van der Waals surface area (Å²) in [5.74, 6) is -0.588. The number of benzene rings is 2. The lowest BCUT2D eigenvalue weighted by Gasteiger charge is -2.15. The van der Waals surface area contributed by atoms with E-state index in [9.17, 15) is 14.4 Å². The van der Waals surface area contributed by atoms with Gasteiger partial charge in [-0.1, -0.05) is 23.7 Å². The van der Waals surface area contributed by atoms with Gasteiger partial charge in [0, 0.05) is 24.1 Å². The molecule has 1 heterocycles. The lowest BCUT2D eigenvalue weighted by molar-refractivity contribution is -0.674. The molecule has 3 amide bonds. The molecule has 0 aromatic heterocycles. The lowest BCUT2D eigenvalue weighted by Crippen LogP contribution is -2.92. The number of amides is 3. The molecule has 3 N–H and O–H groups in total. The van der Waals surface area contributed by atoms with Crippen LogP contribution in [0.2, 0.25) is 5.02 Å². The van der Waals surface area contributed by atoms with Crippen LogP contribution in [0, 0.1) is 0 Å². The Morgan fingerprint density at radius 1 is 1.15 bits per heavy atom. The Balaban J connectivity index is 1.59. The highest BCUT2D eigenvalue weighted by Gasteiger charge is 2.42. The normalized spacial score (nSPS) is 16.7. The predicted octanol–water partition coefficient (Wildman–Crippen LogP) is 1.74. The number of nitrogens with one attached hydrogen (secondary N) is 1. The fourth-order valence-corrected chi connectivity index (χ4v) is 3.24. The van der Waals surface area contributed by atoms with Crippen molar-refractivity contribution in [3.8, 4) is 0 Å². The van der Waals surface area contributed by atoms with Crippen molar-refractivity contribution in [2.75, 3.05) is 16.8 Å². The fraction of sp³-hybridized carbons (Fsp3) is 0.250. The van der Waals surface area contributed by atoms with Gasteiger partial charge in [0.2, 0.25) is 11.8 Å². The summed E-state index contributed by atoms with van der Waals surface area (Å²) in [5, 5.41) is 5.27. The maximum atomic E-state index is 12.7. The van der Waals surface area contributed by atoms with E-state index in [1.54, 1.807) is 24.3 Å². The summed E-state index contributed by atoms with van der Waals surface area (Å²) < 4.78 is 0. The number of nitrogens with two attached hydrogens (primary N) is 1. The molecule has 0 radical (unpaired) electrons. The molecule has 7 heteroatoms. The van der Waals surface area contributed by atoms with Crippen LogP contribution < -0.4 is 15.5 Å². The number of carbonyl (C=O) groups excluding carboxylic acids is 3. The Morgan fingerprint density at radius 3 is 2.44 bits per heavy atom. The molecule has 0 spiro atoms. The number of carbonyl (C=O) groups is 3. The van der Waals surface area contributed by atoms with Gasteiger partial charge >= 0.3 is 0 Å². The van der Waals surface area contributed by atoms with E-state index >= 15 is 0 Å². The summed E-state index contributed by atoms with van der Waals surface area (Å²) >= 11 is 5.88. The van der Waals surface area contributed by atoms with Gasteiger partial charge in [0.15, 0.2) is 6.04 Å². The first-order valence-corrected chi connectivity index (χ1v) is 9.14. The van der Waals surface area contributed by atoms with Gasteiger partial charge < -0.3 is 10.6 Å². The molecule has 1 aliphatic heterocycles. The Bertz CT molecular complexity index is 850. The molecule has 0 bridgehead atoms. The van der Waals surface area contributed by atoms with E-state index < -0.39 is 6.04 Å². The van der Waals surface area contributed by atoms with Crippen LogP contribution in [0.1, 0.15) is 18.9 Å². The highest BCUT2D eigenvalue weighted by atomic mass is 35.5. The first-order chi connectivity index (χ1) is 12.9. The van der Waals surface area contributed by atoms with E-state index in [4.69, 9.17) is 11.6 Å². The molecule has 1 fully saturated rings. The molecular weight excluding hydrogens is 366 g/mol. The fourth-order valence-electron chi connectivity index (χ4n) is 3.11. The quantitative estimate of drug-likeness (QED) is 0.742. The molecule has 27 heavy (non-hydrogen) atoms. The number of halogens is 1. The van der Waals surface area contributed by atoms with Crippen molar-refractivity contribution in [1.82, 2.24) is 0 Å². The first kappa shape index (κ1) is 19.1. The third kappa shape index (κ3) is 4.72. The van der Waals surface area contributed by atoms with Gasteiger partial charge in [0.25, 0.3) is 5.91 Å². The Morgan fingerprint density at radius 2 is 1.81 bits per heavy atom. The van der Waals surface area contributed by atoms with Crippen molar-refractivity contribution in [3.63, 3.8) is 0 Å². The summed E-state index contributed by atoms with van der Waals surface area (Å²) in [6, 6.07) is 13.9. The van der Waals surface area contributed by atoms with Gasteiger partial charge in [-0.3, -0.25) is 14.4 Å². The zero-order valence-electron chi connectivity index (χ0n) is 14.9. The largest absolute Gasteiger partial charge is 0.335 e. The first-order valence-electron chi connectivity index (χ1n) is 8.76. The van der Waals surface area contributed by atoms with Crippen molar-refractivity contribution in [2.45, 2.75) is 25.8 Å². The standard InChI is InChI=1S/C20H20ClN3O3/c1-13(25)23-16-6-8-17(9-7-16)24-19(26)12-18(20(24)27)22-11-10-14-2-4-15(21)5-3-14/h2-9,18,22H,10-12H2,1H3,(H,23,25)/p+1/t18-/m0/s1. The van der Waals surface area contributed by atoms with Gasteiger partial charge in [-0.25, -0.2) is 4.90 Å². The van der Waals surface area contributed by atoms with Gasteiger partial charge in [-0.2, -0.15) is 0 Å². The third-order valence-electron chi connectivity index (χ3n) is 4.42. The number of quaternary nitrogens is 1. The van der Waals surface area contributed by atoms with Gasteiger partial charge in [-0.15, -0.1) is 0 Å². The lowest BCUT2D eigenvalue weighted by atomic mass is 10.1. The molecule has 0 saturated carbocycles. The van der Waals surface area contributed by atoms with Crippen molar-refractivity contribution in [3.05, 3.63) is 59.1 Å². The van der Waals surface area contributed by atoms with E-state index in [2.05, 4.69) is 5.32 Å². The van der Waals surface area contributed by atoms with E-state index in [1.807, 2.05) is 29.6 Å². The van der Waals surface area contributed by atoms with E-state index in [-0.39, 0.29) is 24.1 Å². The SMILES string of the molecule is CC(=O)Nc1ccc(N2C(=O)C[C@H]([NH2+]CCc3ccc(Cl)cc3)C2=O)cc1. The number of imide groups is 1. The van der Waals surface area contributed by atoms with Crippen molar-refractivity contribution in [2.24, 2.45) is 0 Å². The second-order valence-corrected chi connectivity index (χ2v) is 6.94. The number of rotatable bonds is 6. The van der Waals surface area contributed by atoms with Crippen LogP contribution in [-0.2, 0) is 20.8 Å². The molecule has 1 saturated heterocycles. The summed E-state index contributed by atoms with van der Waals surface area (Å²) in [6.07, 6.45) is 0.980. The van der Waals surface area contributed by atoms with Crippen LogP contribution in [0.4, 0.5) is 11.4 Å². The van der Waals surface area contributed by atoms with Gasteiger partial charge in [-0.05, 0) is 42.0 Å². The Hall–Kier alpha value is -2.70. The average molecular weight is 387 g/mol. The van der Waals surface area contributed by atoms with E-state index in [0.717, 1.165) is 12.0 Å². The number of hydrogen-bond acceptors (Lipinski definition) is 3. The van der Waals surface area contributed by atoms with Crippen LogP contribution in [0.15, 0.2) is 48.5 Å². The zero-order valence-corrected chi connectivity index (χ0v) is 15.7. The molecule has 6 nitrogen and oxygen atoms in total. The summed E-state index contributed by atoms with van der Waals surface area (Å²) in [6.45, 7) is 2.13. The number of anilines is 2. The maximum absolute atomic E-state index is 12.7. The number of hydrogen-bond donors (Lipinski definition) is 2. The summed E-state index contributed by atoms with van der Waals surface area (Å²) in [5.41, 5.74) is 2.28. The molecule has 140 valence electrons. The molecular formula is C20H21ClN3O3+. The van der Waals surface area contributed by atoms with Gasteiger partial charge in [0.05, 0.1) is 18.7 Å². The molecule has 0 aliphatic carbocycles. The minimum Gasteiger partial charge on any atom is -0.335 e. The second kappa shape index (κ2) is 8.33. The van der Waals surface area contributed by atoms with Crippen molar-refractivity contribution >= 4 is 40.7 Å². The summed E-state index contributed by atoms with van der Waals surface area (Å²) in [4.78, 5) is 37.3. The minimum atomic E-state index is -0.403. The van der Waals surface area contributed by atoms with Gasteiger partial charge in [0.1, 0.15) is 0 Å². The number of nitrogens with zero attached hydrogens (tertiary/aromatic N) is 1. The molecule has 2 aromatic carbocycles. The smallest absolute Gasteiger partial charge is 0.292 e. The maximum Gasteiger partial charge on any atom is 0.292 e. The Kier molecular flexibility index (Phi) is 5.88. The van der Waals surface area contributed by atoms with E-state index in [1.165, 1.54) is 11.8 Å². The van der Waals surface area contributed by atoms with Crippen LogP contribution in [0.5, 0.6) is 0 Å². The topological polar surface area (TPSA) is 83.1 Å². The Labute approximate surface area is 162 Å².